The maximum Gasteiger partial charge on any atom is 0.309 e. The predicted molar refractivity (Wildman–Crippen MR) is 334 cm³/mol. The van der Waals surface area contributed by atoms with E-state index in [1.54, 1.807) is 6.08 Å². The average Bonchev–Trinajstić information content (AvgIpc) is 3.43. The Bertz CT molecular complexity index is 1700. The van der Waals surface area contributed by atoms with Gasteiger partial charge in [0.1, 0.15) is 13.2 Å². The van der Waals surface area contributed by atoms with E-state index in [9.17, 15) is 14.4 Å². The molecule has 0 saturated heterocycles. The van der Waals surface area contributed by atoms with Gasteiger partial charge < -0.3 is 14.2 Å². The first kappa shape index (κ1) is 72.3. The van der Waals surface area contributed by atoms with Gasteiger partial charge in [-0.05, 0) is 103 Å². The Morgan fingerprint density at radius 1 is 0.286 bits per heavy atom. The van der Waals surface area contributed by atoms with E-state index in [0.717, 1.165) is 135 Å². The highest BCUT2D eigenvalue weighted by Crippen LogP contribution is 2.16. The van der Waals surface area contributed by atoms with E-state index in [-0.39, 0.29) is 31.6 Å². The molecule has 0 aromatic heterocycles. The summed E-state index contributed by atoms with van der Waals surface area (Å²) in [7, 11) is 0. The number of unbranched alkanes of at least 4 members (excludes halogenated alkanes) is 21. The van der Waals surface area contributed by atoms with Crippen LogP contribution in [-0.4, -0.2) is 37.2 Å². The van der Waals surface area contributed by atoms with E-state index in [4.69, 9.17) is 14.2 Å². The molecule has 0 N–H and O–H groups in total. The van der Waals surface area contributed by atoms with Crippen LogP contribution < -0.4 is 0 Å². The van der Waals surface area contributed by atoms with Crippen molar-refractivity contribution in [2.75, 3.05) is 13.2 Å². The number of hydrogen-bond donors (Lipinski definition) is 0. The van der Waals surface area contributed by atoms with Gasteiger partial charge in [-0.25, -0.2) is 0 Å². The zero-order valence-corrected chi connectivity index (χ0v) is 49.7. The van der Waals surface area contributed by atoms with Crippen LogP contribution in [0.2, 0.25) is 0 Å². The van der Waals surface area contributed by atoms with Gasteiger partial charge in [0.25, 0.3) is 0 Å². The highest BCUT2D eigenvalue weighted by molar-refractivity contribution is 5.72. The Morgan fingerprint density at radius 2 is 0.558 bits per heavy atom. The molecule has 0 aliphatic rings. The standard InChI is InChI=1S/C71H114O6/c1-4-7-10-13-16-19-22-25-28-30-31-32-33-34-35-36-37-38-39-41-43-46-49-52-55-58-61-64-70(73)76-67-68(66-75-69(72)63-60-57-54-51-48-45-42-27-24-21-18-15-12-9-6-3)77-71(74)65-62-59-56-53-50-47-44-40-29-26-23-20-17-14-11-8-5-2/h7,9-10,12,16,18-19,21,25,27-28,31-32,34-35,37-38,41-43,48,51,57,60,68H,4-6,8,11,13-15,17,20,22-24,26,29-30,33,36,39-40,44-47,49-50,52-56,58-59,61-67H2,1-3H3/b10-7-,12-9-,19-16-,21-18-,28-25-,32-31-,35-34-,38-37-,42-27-,43-41-,51-48-,60-57-. The number of ether oxygens (including phenoxy) is 3. The van der Waals surface area contributed by atoms with E-state index in [2.05, 4.69) is 154 Å². The van der Waals surface area contributed by atoms with Crippen molar-refractivity contribution >= 4 is 17.9 Å². The van der Waals surface area contributed by atoms with Gasteiger partial charge in [-0.3, -0.25) is 14.4 Å². The average molecular weight is 1060 g/mol. The normalized spacial score (nSPS) is 13.1. The lowest BCUT2D eigenvalue weighted by Gasteiger charge is -2.18. The van der Waals surface area contributed by atoms with Crippen LogP contribution in [0.5, 0.6) is 0 Å². The van der Waals surface area contributed by atoms with Crippen molar-refractivity contribution in [2.45, 2.75) is 271 Å². The van der Waals surface area contributed by atoms with Crippen LogP contribution in [0, 0.1) is 0 Å². The van der Waals surface area contributed by atoms with Crippen LogP contribution in [0.1, 0.15) is 265 Å². The molecule has 77 heavy (non-hydrogen) atoms. The summed E-state index contributed by atoms with van der Waals surface area (Å²) in [5, 5.41) is 0. The van der Waals surface area contributed by atoms with Gasteiger partial charge >= 0.3 is 17.9 Å². The number of allylic oxidation sites excluding steroid dienone is 23. The van der Waals surface area contributed by atoms with Crippen molar-refractivity contribution < 1.29 is 28.6 Å². The molecule has 1 atom stereocenters. The maximum absolute atomic E-state index is 12.9. The molecule has 1 unspecified atom stereocenters. The van der Waals surface area contributed by atoms with E-state index >= 15 is 0 Å². The lowest BCUT2D eigenvalue weighted by Crippen LogP contribution is -2.30. The monoisotopic (exact) mass is 1060 g/mol. The first-order valence-electron chi connectivity index (χ1n) is 31.3. The van der Waals surface area contributed by atoms with Crippen LogP contribution in [-0.2, 0) is 28.6 Å². The van der Waals surface area contributed by atoms with Crippen molar-refractivity contribution in [2.24, 2.45) is 0 Å². The smallest absolute Gasteiger partial charge is 0.309 e. The molecular weight excluding hydrogens is 949 g/mol. The Hall–Kier alpha value is -4.71. The summed E-state index contributed by atoms with van der Waals surface area (Å²) in [5.41, 5.74) is 0. The molecule has 0 aromatic carbocycles. The molecule has 0 heterocycles. The molecule has 0 bridgehead atoms. The van der Waals surface area contributed by atoms with Crippen LogP contribution in [0.15, 0.2) is 146 Å². The molecule has 0 radical (unpaired) electrons. The Balaban J connectivity index is 4.47. The predicted octanol–water partition coefficient (Wildman–Crippen LogP) is 21.5. The zero-order valence-electron chi connectivity index (χ0n) is 49.7. The Labute approximate surface area is 474 Å². The maximum atomic E-state index is 12.9. The minimum atomic E-state index is -0.831. The van der Waals surface area contributed by atoms with E-state index in [1.807, 2.05) is 6.08 Å². The largest absolute Gasteiger partial charge is 0.462 e. The van der Waals surface area contributed by atoms with Gasteiger partial charge in [-0.2, -0.15) is 0 Å². The number of carbonyl (C=O) groups is 3. The third-order valence-corrected chi connectivity index (χ3v) is 12.9. The lowest BCUT2D eigenvalue weighted by atomic mass is 10.0. The number of carbonyl (C=O) groups excluding carboxylic acids is 3. The molecule has 0 rings (SSSR count). The van der Waals surface area contributed by atoms with Crippen molar-refractivity contribution in [1.82, 2.24) is 0 Å². The highest BCUT2D eigenvalue weighted by Gasteiger charge is 2.19. The molecule has 0 aromatic rings. The van der Waals surface area contributed by atoms with Gasteiger partial charge in [0.15, 0.2) is 6.10 Å². The third-order valence-electron chi connectivity index (χ3n) is 12.9. The second kappa shape index (κ2) is 63.8. The van der Waals surface area contributed by atoms with Crippen molar-refractivity contribution in [1.29, 1.82) is 0 Å². The van der Waals surface area contributed by atoms with Crippen LogP contribution in [0.4, 0.5) is 0 Å². The second-order valence-corrected chi connectivity index (χ2v) is 20.2. The molecule has 6 nitrogen and oxygen atoms in total. The Morgan fingerprint density at radius 3 is 0.909 bits per heavy atom. The minimum Gasteiger partial charge on any atom is -0.462 e. The number of hydrogen-bond acceptors (Lipinski definition) is 6. The van der Waals surface area contributed by atoms with Gasteiger partial charge in [-0.15, -0.1) is 0 Å². The summed E-state index contributed by atoms with van der Waals surface area (Å²) in [5.74, 6) is -1.07. The fourth-order valence-corrected chi connectivity index (χ4v) is 8.26. The molecule has 6 heteroatoms. The fraction of sp³-hybridized carbons (Fsp3) is 0.620. The summed E-state index contributed by atoms with van der Waals surface area (Å²) < 4.78 is 16.8. The summed E-state index contributed by atoms with van der Waals surface area (Å²) >= 11 is 0. The third kappa shape index (κ3) is 62.0. The van der Waals surface area contributed by atoms with E-state index in [0.29, 0.717) is 12.8 Å². The molecule has 0 fully saturated rings. The van der Waals surface area contributed by atoms with Crippen molar-refractivity contribution in [3.63, 3.8) is 0 Å². The number of rotatable bonds is 55. The summed E-state index contributed by atoms with van der Waals surface area (Å²) in [4.78, 5) is 38.2. The van der Waals surface area contributed by atoms with Crippen molar-refractivity contribution in [3.8, 4) is 0 Å². The van der Waals surface area contributed by atoms with Gasteiger partial charge in [0, 0.05) is 12.8 Å². The quantitative estimate of drug-likeness (QED) is 0.0261. The summed E-state index contributed by atoms with van der Waals surface area (Å²) in [6, 6.07) is 0. The number of esters is 3. The van der Waals surface area contributed by atoms with Gasteiger partial charge in [0.2, 0.25) is 0 Å². The first-order chi connectivity index (χ1) is 38.0. The van der Waals surface area contributed by atoms with Crippen LogP contribution in [0.25, 0.3) is 0 Å². The molecule has 0 aliphatic heterocycles. The summed E-state index contributed by atoms with van der Waals surface area (Å²) in [6.07, 6.45) is 91.6. The van der Waals surface area contributed by atoms with E-state index < -0.39 is 12.1 Å². The molecule has 0 aliphatic carbocycles. The Kier molecular flexibility index (Phi) is 59.9. The highest BCUT2D eigenvalue weighted by atomic mass is 16.6. The molecular formula is C71H114O6. The van der Waals surface area contributed by atoms with E-state index in [1.165, 1.54) is 89.9 Å². The lowest BCUT2D eigenvalue weighted by molar-refractivity contribution is -0.166. The van der Waals surface area contributed by atoms with Gasteiger partial charge in [-0.1, -0.05) is 289 Å². The zero-order chi connectivity index (χ0) is 55.7. The first-order valence-corrected chi connectivity index (χ1v) is 31.3. The molecule has 0 amide bonds. The SMILES string of the molecule is CC/C=C\C/C=C\C/C=C\C/C=C\C/C=C\C/C=C\C/C=C\CCCCCCCC(=O)OCC(COC(=O)C/C=C\C/C=C\C/C=C\C/C=C\C/C=C\CC)OC(=O)CCCCCCCCCCCCCCCCCCC. The van der Waals surface area contributed by atoms with Crippen LogP contribution in [0.3, 0.4) is 0 Å². The topological polar surface area (TPSA) is 78.9 Å². The van der Waals surface area contributed by atoms with Crippen molar-refractivity contribution in [3.05, 3.63) is 146 Å². The van der Waals surface area contributed by atoms with Gasteiger partial charge in [0.05, 0.1) is 6.42 Å². The molecule has 434 valence electrons. The summed E-state index contributed by atoms with van der Waals surface area (Å²) in [6.45, 7) is 6.32. The van der Waals surface area contributed by atoms with Crippen LogP contribution >= 0.6 is 0 Å². The minimum absolute atomic E-state index is 0.119. The molecule has 0 saturated carbocycles. The fourth-order valence-electron chi connectivity index (χ4n) is 8.26. The second-order valence-electron chi connectivity index (χ2n) is 20.2. The molecule has 0 spiro atoms.